The van der Waals surface area contributed by atoms with Crippen molar-refractivity contribution in [2.24, 2.45) is 0 Å². The second-order valence-corrected chi connectivity index (χ2v) is 6.03. The van der Waals surface area contributed by atoms with E-state index in [0.717, 1.165) is 30.0 Å². The molecule has 0 radical (unpaired) electrons. The Bertz CT molecular complexity index is 344. The molecule has 1 aromatic rings. The second kappa shape index (κ2) is 8.38. The summed E-state index contributed by atoms with van der Waals surface area (Å²) in [5.74, 6) is 1.05. The van der Waals surface area contributed by atoms with Crippen molar-refractivity contribution in [2.45, 2.75) is 44.9 Å². The van der Waals surface area contributed by atoms with Crippen LogP contribution in [0.3, 0.4) is 0 Å². The topological polar surface area (TPSA) is 50.9 Å². The third kappa shape index (κ3) is 4.86. The molecule has 0 amide bonds. The van der Waals surface area contributed by atoms with Crippen molar-refractivity contribution in [3.63, 3.8) is 0 Å². The van der Waals surface area contributed by atoms with Gasteiger partial charge in [0.25, 0.3) is 0 Å². The summed E-state index contributed by atoms with van der Waals surface area (Å²) in [5, 5.41) is 4.25. The van der Waals surface area contributed by atoms with E-state index in [1.165, 1.54) is 6.42 Å². The van der Waals surface area contributed by atoms with E-state index in [2.05, 4.69) is 31.1 Å². The van der Waals surface area contributed by atoms with Crippen LogP contribution in [0.1, 0.15) is 45.2 Å². The fourth-order valence-corrected chi connectivity index (χ4v) is 2.72. The fourth-order valence-electron chi connectivity index (χ4n) is 1.66. The van der Waals surface area contributed by atoms with E-state index < -0.39 is 0 Å². The van der Waals surface area contributed by atoms with Crippen molar-refractivity contribution in [2.75, 3.05) is 18.0 Å². The Morgan fingerprint density at radius 1 is 1.44 bits per heavy atom. The Hall–Kier alpha value is -0.740. The lowest BCUT2D eigenvalue weighted by Crippen LogP contribution is -2.25. The maximum Gasteiger partial charge on any atom is 0.0447 e. The molecule has 18 heavy (non-hydrogen) atoms. The number of nitrogen functional groups attached to an aromatic ring is 1. The Morgan fingerprint density at radius 3 is 2.83 bits per heavy atom. The van der Waals surface area contributed by atoms with E-state index in [0.29, 0.717) is 11.3 Å². The minimum absolute atomic E-state index is 0.303. The number of rotatable bonds is 8. The van der Waals surface area contributed by atoms with Crippen molar-refractivity contribution < 1.29 is 0 Å². The minimum Gasteiger partial charge on any atom is -0.398 e. The molecule has 4 heteroatoms. The number of thioether (sulfide) groups is 1. The zero-order valence-corrected chi connectivity index (χ0v) is 12.5. The van der Waals surface area contributed by atoms with Crippen LogP contribution in [0, 0.1) is 0 Å². The Kier molecular flexibility index (Phi) is 7.13. The van der Waals surface area contributed by atoms with Gasteiger partial charge < -0.3 is 11.1 Å². The van der Waals surface area contributed by atoms with Crippen LogP contribution in [0.25, 0.3) is 0 Å². The van der Waals surface area contributed by atoms with Gasteiger partial charge in [-0.2, -0.15) is 11.8 Å². The summed E-state index contributed by atoms with van der Waals surface area (Å²) in [6.07, 6.45) is 5.97. The highest BCUT2D eigenvalue weighted by Crippen LogP contribution is 2.25. The molecule has 0 aliphatic heterocycles. The van der Waals surface area contributed by atoms with Gasteiger partial charge in [-0.25, -0.2) is 0 Å². The first kappa shape index (κ1) is 15.3. The standard InChI is InChI=1S/C14H25N3S/c1-4-7-17-14(10-18-11(3)5-2)12-9-16-8-6-13(12)15/h6,8-9,11,14,17H,4-5,7,10H2,1-3H3,(H2,15,16). The van der Waals surface area contributed by atoms with E-state index in [1.54, 1.807) is 6.20 Å². The zero-order chi connectivity index (χ0) is 13.4. The molecule has 0 fully saturated rings. The molecule has 0 aromatic carbocycles. The predicted molar refractivity (Wildman–Crippen MR) is 81.9 cm³/mol. The summed E-state index contributed by atoms with van der Waals surface area (Å²) in [5.41, 5.74) is 8.01. The third-order valence-electron chi connectivity index (χ3n) is 3.03. The Balaban J connectivity index is 2.68. The number of hydrogen-bond acceptors (Lipinski definition) is 4. The highest BCUT2D eigenvalue weighted by molar-refractivity contribution is 7.99. The molecular weight excluding hydrogens is 242 g/mol. The lowest BCUT2D eigenvalue weighted by Gasteiger charge is -2.21. The molecular formula is C14H25N3S. The van der Waals surface area contributed by atoms with Crippen molar-refractivity contribution in [3.8, 4) is 0 Å². The number of aromatic nitrogens is 1. The molecule has 0 spiro atoms. The lowest BCUT2D eigenvalue weighted by atomic mass is 10.1. The number of hydrogen-bond donors (Lipinski definition) is 2. The zero-order valence-electron chi connectivity index (χ0n) is 11.6. The van der Waals surface area contributed by atoms with Crippen molar-refractivity contribution >= 4 is 17.4 Å². The van der Waals surface area contributed by atoms with Gasteiger partial charge in [-0.3, -0.25) is 4.98 Å². The van der Waals surface area contributed by atoms with E-state index in [4.69, 9.17) is 5.73 Å². The van der Waals surface area contributed by atoms with Crippen LogP contribution in [0.2, 0.25) is 0 Å². The SMILES string of the molecule is CCCNC(CSC(C)CC)c1cnccc1N. The van der Waals surface area contributed by atoms with E-state index in [1.807, 2.05) is 24.0 Å². The average Bonchev–Trinajstić information content (AvgIpc) is 2.39. The van der Waals surface area contributed by atoms with Gasteiger partial charge in [-0.05, 0) is 25.5 Å². The monoisotopic (exact) mass is 267 g/mol. The van der Waals surface area contributed by atoms with Gasteiger partial charge in [0, 0.05) is 40.7 Å². The van der Waals surface area contributed by atoms with Crippen LogP contribution >= 0.6 is 11.8 Å². The van der Waals surface area contributed by atoms with Crippen LogP contribution in [0.4, 0.5) is 5.69 Å². The average molecular weight is 267 g/mol. The molecule has 0 bridgehead atoms. The van der Waals surface area contributed by atoms with E-state index in [-0.39, 0.29) is 0 Å². The summed E-state index contributed by atoms with van der Waals surface area (Å²) in [6, 6.07) is 2.18. The number of anilines is 1. The fraction of sp³-hybridized carbons (Fsp3) is 0.643. The van der Waals surface area contributed by atoms with Gasteiger partial charge in [0.2, 0.25) is 0 Å². The molecule has 1 aromatic heterocycles. The summed E-state index contributed by atoms with van der Waals surface area (Å²) in [4.78, 5) is 4.19. The van der Waals surface area contributed by atoms with Crippen LogP contribution in [0.5, 0.6) is 0 Å². The van der Waals surface area contributed by atoms with Crippen molar-refractivity contribution in [3.05, 3.63) is 24.0 Å². The Morgan fingerprint density at radius 2 is 2.22 bits per heavy atom. The first-order chi connectivity index (χ1) is 8.69. The molecule has 102 valence electrons. The van der Waals surface area contributed by atoms with Gasteiger partial charge in [0.05, 0.1) is 0 Å². The van der Waals surface area contributed by atoms with E-state index in [9.17, 15) is 0 Å². The van der Waals surface area contributed by atoms with Crippen LogP contribution in [-0.4, -0.2) is 22.5 Å². The maximum absolute atomic E-state index is 6.04. The molecule has 0 saturated carbocycles. The molecule has 0 saturated heterocycles. The van der Waals surface area contributed by atoms with Gasteiger partial charge in [0.15, 0.2) is 0 Å². The molecule has 1 rings (SSSR count). The maximum atomic E-state index is 6.04. The largest absolute Gasteiger partial charge is 0.398 e. The number of pyridine rings is 1. The third-order valence-corrected chi connectivity index (χ3v) is 4.45. The molecule has 2 atom stereocenters. The first-order valence-electron chi connectivity index (χ1n) is 6.73. The van der Waals surface area contributed by atoms with Crippen molar-refractivity contribution in [1.82, 2.24) is 10.3 Å². The second-order valence-electron chi connectivity index (χ2n) is 4.56. The summed E-state index contributed by atoms with van der Waals surface area (Å²) in [7, 11) is 0. The summed E-state index contributed by atoms with van der Waals surface area (Å²) in [6.45, 7) is 7.69. The molecule has 2 unspecified atom stereocenters. The van der Waals surface area contributed by atoms with Gasteiger partial charge in [-0.1, -0.05) is 20.8 Å². The van der Waals surface area contributed by atoms with Crippen LogP contribution < -0.4 is 11.1 Å². The highest BCUT2D eigenvalue weighted by Gasteiger charge is 2.15. The van der Waals surface area contributed by atoms with Gasteiger partial charge in [0.1, 0.15) is 0 Å². The quantitative estimate of drug-likeness (QED) is 0.759. The minimum atomic E-state index is 0.303. The number of nitrogens with one attached hydrogen (secondary N) is 1. The summed E-state index contributed by atoms with van der Waals surface area (Å²) >= 11 is 1.99. The summed E-state index contributed by atoms with van der Waals surface area (Å²) < 4.78 is 0. The van der Waals surface area contributed by atoms with Crippen molar-refractivity contribution in [1.29, 1.82) is 0 Å². The molecule has 0 aliphatic carbocycles. The van der Waals surface area contributed by atoms with Crippen LogP contribution in [0.15, 0.2) is 18.5 Å². The number of nitrogens with zero attached hydrogens (tertiary/aromatic N) is 1. The highest BCUT2D eigenvalue weighted by atomic mass is 32.2. The number of nitrogens with two attached hydrogens (primary N) is 1. The smallest absolute Gasteiger partial charge is 0.0447 e. The normalized spacial score (nSPS) is 14.4. The van der Waals surface area contributed by atoms with Gasteiger partial charge >= 0.3 is 0 Å². The van der Waals surface area contributed by atoms with Crippen LogP contribution in [-0.2, 0) is 0 Å². The Labute approximate surface area is 115 Å². The predicted octanol–water partition coefficient (Wildman–Crippen LogP) is 3.24. The van der Waals surface area contributed by atoms with E-state index >= 15 is 0 Å². The van der Waals surface area contributed by atoms with Gasteiger partial charge in [-0.15, -0.1) is 0 Å². The molecule has 1 heterocycles. The molecule has 3 nitrogen and oxygen atoms in total. The lowest BCUT2D eigenvalue weighted by molar-refractivity contribution is 0.576. The first-order valence-corrected chi connectivity index (χ1v) is 7.78. The molecule has 0 aliphatic rings. The molecule has 3 N–H and O–H groups in total.